The van der Waals surface area contributed by atoms with Gasteiger partial charge < -0.3 is 20.5 Å². The van der Waals surface area contributed by atoms with Crippen LogP contribution in [-0.4, -0.2) is 25.4 Å². The van der Waals surface area contributed by atoms with E-state index < -0.39 is 17.6 Å². The van der Waals surface area contributed by atoms with Crippen molar-refractivity contribution < 1.29 is 18.0 Å². The smallest absolute Gasteiger partial charge is 0.368 e. The quantitative estimate of drug-likeness (QED) is 0.697. The number of halogens is 3. The van der Waals surface area contributed by atoms with E-state index in [1.54, 1.807) is 24.0 Å². The molecule has 0 saturated heterocycles. The Bertz CT molecular complexity index is 1080. The molecular formula is C18H16F3N7O. The number of alkyl halides is 3. The number of nitrogens with zero attached hydrogens (tertiary/aromatic N) is 5. The number of amides is 1. The zero-order valence-electron chi connectivity index (χ0n) is 15.2. The minimum absolute atomic E-state index is 0.143. The lowest BCUT2D eigenvalue weighted by Gasteiger charge is -2.15. The standard InChI is InChI=1S/C18H16F3N7O/c1-27-8-14(15(29)24-12-4-2-11(3-5-12)18(19,20)21)26-17(27)28-7-10-6-23-16(22)25-13(10)9-28/h2-6,8H,7,9H2,1H3,(H,24,29)(H2,22,23,25). The summed E-state index contributed by atoms with van der Waals surface area (Å²) < 4.78 is 39.6. The van der Waals surface area contributed by atoms with E-state index in [1.165, 1.54) is 12.1 Å². The van der Waals surface area contributed by atoms with E-state index in [0.717, 1.165) is 23.4 Å². The number of nitrogen functional groups attached to an aromatic ring is 1. The predicted molar refractivity (Wildman–Crippen MR) is 98.9 cm³/mol. The van der Waals surface area contributed by atoms with Crippen molar-refractivity contribution in [1.29, 1.82) is 0 Å². The third kappa shape index (κ3) is 3.71. The fraction of sp³-hybridized carbons (Fsp3) is 0.222. The van der Waals surface area contributed by atoms with Crippen molar-refractivity contribution in [3.8, 4) is 0 Å². The van der Waals surface area contributed by atoms with Gasteiger partial charge in [0.25, 0.3) is 5.91 Å². The van der Waals surface area contributed by atoms with Crippen molar-refractivity contribution in [3.05, 3.63) is 59.2 Å². The van der Waals surface area contributed by atoms with Crippen LogP contribution < -0.4 is 16.0 Å². The minimum atomic E-state index is -4.43. The van der Waals surface area contributed by atoms with Crippen LogP contribution in [0.4, 0.5) is 30.8 Å². The van der Waals surface area contributed by atoms with Gasteiger partial charge in [-0.25, -0.2) is 15.0 Å². The SMILES string of the molecule is Cn1cc(C(=O)Nc2ccc(C(F)(F)F)cc2)nc1N1Cc2cnc(N)nc2C1. The summed E-state index contributed by atoms with van der Waals surface area (Å²) in [7, 11) is 1.75. The Hall–Kier alpha value is -3.63. The van der Waals surface area contributed by atoms with Gasteiger partial charge in [0.1, 0.15) is 5.69 Å². The van der Waals surface area contributed by atoms with Gasteiger partial charge in [-0.1, -0.05) is 0 Å². The number of nitrogens with one attached hydrogen (secondary N) is 1. The first-order valence-electron chi connectivity index (χ1n) is 8.58. The Kier molecular flexibility index (Phi) is 4.36. The van der Waals surface area contributed by atoms with Gasteiger partial charge in [0.05, 0.1) is 17.8 Å². The first-order chi connectivity index (χ1) is 13.7. The molecule has 4 rings (SSSR count). The van der Waals surface area contributed by atoms with Gasteiger partial charge in [-0.05, 0) is 24.3 Å². The number of carbonyl (C=O) groups excluding carboxylic acids is 1. The molecule has 0 bridgehead atoms. The number of aryl methyl sites for hydroxylation is 1. The summed E-state index contributed by atoms with van der Waals surface area (Å²) in [6, 6.07) is 4.22. The van der Waals surface area contributed by atoms with Gasteiger partial charge in [-0.3, -0.25) is 4.79 Å². The Labute approximate surface area is 163 Å². The summed E-state index contributed by atoms with van der Waals surface area (Å²) in [5, 5.41) is 2.55. The summed E-state index contributed by atoms with van der Waals surface area (Å²) in [5.74, 6) is 0.230. The van der Waals surface area contributed by atoms with Crippen LogP contribution in [0.5, 0.6) is 0 Å². The Morgan fingerprint density at radius 1 is 1.17 bits per heavy atom. The largest absolute Gasteiger partial charge is 0.416 e. The van der Waals surface area contributed by atoms with Gasteiger partial charge in [-0.15, -0.1) is 0 Å². The maximum Gasteiger partial charge on any atom is 0.416 e. The Morgan fingerprint density at radius 2 is 1.90 bits per heavy atom. The average Bonchev–Trinajstić information content (AvgIpc) is 3.24. The summed E-state index contributed by atoms with van der Waals surface area (Å²) in [5.41, 5.74) is 6.95. The number of anilines is 3. The van der Waals surface area contributed by atoms with Crippen LogP contribution in [0, 0.1) is 0 Å². The summed E-state index contributed by atoms with van der Waals surface area (Å²) in [4.78, 5) is 27.0. The number of carbonyl (C=O) groups is 1. The summed E-state index contributed by atoms with van der Waals surface area (Å²) in [6.07, 6.45) is -1.21. The monoisotopic (exact) mass is 403 g/mol. The maximum atomic E-state index is 12.6. The highest BCUT2D eigenvalue weighted by atomic mass is 19.4. The molecule has 0 radical (unpaired) electrons. The van der Waals surface area contributed by atoms with Crippen LogP contribution in [-0.2, 0) is 26.3 Å². The highest BCUT2D eigenvalue weighted by Gasteiger charge is 2.30. The molecule has 1 amide bonds. The van der Waals surface area contributed by atoms with E-state index in [-0.39, 0.29) is 17.3 Å². The third-order valence-corrected chi connectivity index (χ3v) is 4.51. The lowest BCUT2D eigenvalue weighted by Crippen LogP contribution is -2.19. The molecule has 3 aromatic rings. The minimum Gasteiger partial charge on any atom is -0.368 e. The van der Waals surface area contributed by atoms with Crippen molar-refractivity contribution in [3.63, 3.8) is 0 Å². The molecule has 0 spiro atoms. The summed E-state index contributed by atoms with van der Waals surface area (Å²) in [6.45, 7) is 1.01. The van der Waals surface area contributed by atoms with Crippen molar-refractivity contribution >= 4 is 23.5 Å². The number of hydrogen-bond donors (Lipinski definition) is 2. The van der Waals surface area contributed by atoms with Crippen LogP contribution in [0.15, 0.2) is 36.7 Å². The molecule has 1 aromatic carbocycles. The van der Waals surface area contributed by atoms with Crippen LogP contribution in [0.2, 0.25) is 0 Å². The van der Waals surface area contributed by atoms with Gasteiger partial charge in [0.15, 0.2) is 0 Å². The highest BCUT2D eigenvalue weighted by Crippen LogP contribution is 2.30. The lowest BCUT2D eigenvalue weighted by atomic mass is 10.2. The molecule has 11 heteroatoms. The van der Waals surface area contributed by atoms with E-state index in [9.17, 15) is 18.0 Å². The van der Waals surface area contributed by atoms with Crippen LogP contribution in [0.3, 0.4) is 0 Å². The third-order valence-electron chi connectivity index (χ3n) is 4.51. The van der Waals surface area contributed by atoms with Crippen molar-refractivity contribution in [2.24, 2.45) is 7.05 Å². The number of fused-ring (bicyclic) bond motifs is 1. The normalized spacial score (nSPS) is 13.4. The Morgan fingerprint density at radius 3 is 2.59 bits per heavy atom. The number of nitrogens with two attached hydrogens (primary N) is 1. The molecule has 1 aliphatic rings. The predicted octanol–water partition coefficient (Wildman–Crippen LogP) is 2.58. The number of aromatic nitrogens is 4. The van der Waals surface area contributed by atoms with E-state index in [2.05, 4.69) is 20.3 Å². The molecule has 2 aromatic heterocycles. The van der Waals surface area contributed by atoms with E-state index >= 15 is 0 Å². The van der Waals surface area contributed by atoms with Gasteiger partial charge in [-0.2, -0.15) is 13.2 Å². The summed E-state index contributed by atoms with van der Waals surface area (Å²) >= 11 is 0. The molecule has 0 saturated carbocycles. The van der Waals surface area contributed by atoms with Gasteiger partial charge >= 0.3 is 6.18 Å². The van der Waals surface area contributed by atoms with Crippen LogP contribution >= 0.6 is 0 Å². The first-order valence-corrected chi connectivity index (χ1v) is 8.58. The molecule has 150 valence electrons. The Balaban J connectivity index is 1.49. The van der Waals surface area contributed by atoms with Gasteiger partial charge in [0.2, 0.25) is 11.9 Å². The fourth-order valence-electron chi connectivity index (χ4n) is 3.11. The lowest BCUT2D eigenvalue weighted by molar-refractivity contribution is -0.137. The number of benzene rings is 1. The van der Waals surface area contributed by atoms with E-state index in [0.29, 0.717) is 19.0 Å². The zero-order valence-corrected chi connectivity index (χ0v) is 15.2. The van der Waals surface area contributed by atoms with Crippen molar-refractivity contribution in [2.75, 3.05) is 16.0 Å². The molecule has 1 aliphatic heterocycles. The van der Waals surface area contributed by atoms with Crippen LogP contribution in [0.25, 0.3) is 0 Å². The van der Waals surface area contributed by atoms with Crippen molar-refractivity contribution in [2.45, 2.75) is 19.3 Å². The molecule has 3 N–H and O–H groups in total. The topological polar surface area (TPSA) is 102 Å². The second kappa shape index (κ2) is 6.76. The second-order valence-electron chi connectivity index (χ2n) is 6.62. The van der Waals surface area contributed by atoms with Crippen molar-refractivity contribution in [1.82, 2.24) is 19.5 Å². The molecule has 0 fully saturated rings. The molecule has 0 unspecified atom stereocenters. The fourth-order valence-corrected chi connectivity index (χ4v) is 3.11. The molecule has 0 aliphatic carbocycles. The van der Waals surface area contributed by atoms with Gasteiger partial charge in [0, 0.05) is 37.2 Å². The number of hydrogen-bond acceptors (Lipinski definition) is 6. The number of imidazole rings is 1. The number of rotatable bonds is 3. The highest BCUT2D eigenvalue weighted by molar-refractivity contribution is 6.03. The van der Waals surface area contributed by atoms with E-state index in [4.69, 9.17) is 5.73 Å². The molecule has 29 heavy (non-hydrogen) atoms. The molecule has 8 nitrogen and oxygen atoms in total. The molecule has 3 heterocycles. The molecular weight excluding hydrogens is 387 g/mol. The van der Waals surface area contributed by atoms with E-state index in [1.807, 2.05) is 4.90 Å². The average molecular weight is 403 g/mol. The molecule has 0 atom stereocenters. The maximum absolute atomic E-state index is 12.6. The van der Waals surface area contributed by atoms with Crippen LogP contribution in [0.1, 0.15) is 27.3 Å². The zero-order chi connectivity index (χ0) is 20.8. The first kappa shape index (κ1) is 18.7. The second-order valence-corrected chi connectivity index (χ2v) is 6.62.